The van der Waals surface area contributed by atoms with E-state index in [1.807, 2.05) is 12.1 Å². The first kappa shape index (κ1) is 15.9. The molecule has 5 nitrogen and oxygen atoms in total. The maximum absolute atomic E-state index is 11.2. The Bertz CT molecular complexity index is 493. The van der Waals surface area contributed by atoms with Crippen molar-refractivity contribution in [1.82, 2.24) is 0 Å². The van der Waals surface area contributed by atoms with Crippen LogP contribution in [-0.4, -0.2) is 24.8 Å². The van der Waals surface area contributed by atoms with E-state index in [1.165, 1.54) is 19.4 Å². The van der Waals surface area contributed by atoms with E-state index >= 15 is 0 Å². The fraction of sp³-hybridized carbons (Fsp3) is 0.400. The topological polar surface area (TPSA) is 69.7 Å². The molecule has 0 heterocycles. The number of aryl methyl sites for hydroxylation is 1. The minimum Gasteiger partial charge on any atom is -0.496 e. The van der Waals surface area contributed by atoms with Crippen LogP contribution in [0, 0.1) is 0 Å². The molecular formula is C15H18O5. The summed E-state index contributed by atoms with van der Waals surface area (Å²) in [6.07, 6.45) is 2.09. The van der Waals surface area contributed by atoms with Crippen LogP contribution >= 0.6 is 0 Å². The lowest BCUT2D eigenvalue weighted by Gasteiger charge is -2.17. The fourth-order valence-corrected chi connectivity index (χ4v) is 2.00. The molecule has 0 radical (unpaired) electrons. The van der Waals surface area contributed by atoms with Crippen LogP contribution in [0.2, 0.25) is 0 Å². The minimum absolute atomic E-state index is 0.317. The maximum Gasteiger partial charge on any atom is 0.310 e. The van der Waals surface area contributed by atoms with E-state index in [4.69, 9.17) is 4.74 Å². The van der Waals surface area contributed by atoms with Gasteiger partial charge in [-0.3, -0.25) is 14.4 Å². The summed E-state index contributed by atoms with van der Waals surface area (Å²) in [6.45, 7) is 2.36. The normalized spacial score (nSPS) is 12.7. The van der Waals surface area contributed by atoms with Gasteiger partial charge in [0.2, 0.25) is 0 Å². The van der Waals surface area contributed by atoms with Crippen LogP contribution in [0.25, 0.3) is 0 Å². The second kappa shape index (κ2) is 7.43. The van der Waals surface area contributed by atoms with Crippen molar-refractivity contribution >= 4 is 17.7 Å². The number of ketones is 1. The molecule has 2 rings (SSSR count). The molecule has 5 heteroatoms. The highest BCUT2D eigenvalue weighted by molar-refractivity contribution is 5.84. The zero-order valence-electron chi connectivity index (χ0n) is 11.9. The Labute approximate surface area is 117 Å². The van der Waals surface area contributed by atoms with E-state index in [9.17, 15) is 14.4 Å². The monoisotopic (exact) mass is 278 g/mol. The van der Waals surface area contributed by atoms with Gasteiger partial charge in [-0.2, -0.15) is 0 Å². The van der Waals surface area contributed by atoms with Gasteiger partial charge < -0.3 is 9.47 Å². The Morgan fingerprint density at radius 3 is 2.25 bits per heavy atom. The molecule has 0 unspecified atom stereocenters. The molecule has 108 valence electrons. The lowest BCUT2D eigenvalue weighted by Crippen LogP contribution is -2.14. The molecule has 0 amide bonds. The molecule has 0 fully saturated rings. The molecule has 0 atom stereocenters. The summed E-state index contributed by atoms with van der Waals surface area (Å²) < 4.78 is 9.18. The van der Waals surface area contributed by atoms with Gasteiger partial charge >= 0.3 is 11.9 Å². The second-order valence-electron chi connectivity index (χ2n) is 4.40. The highest BCUT2D eigenvalue weighted by Crippen LogP contribution is 2.27. The fourth-order valence-electron chi connectivity index (χ4n) is 2.00. The summed E-state index contributed by atoms with van der Waals surface area (Å²) in [6, 6.07) is 5.97. The molecule has 0 saturated carbocycles. The number of Topliss-reactive ketones (excluding diaryl/α,β-unsaturated/α-hetero) is 1. The average molecular weight is 278 g/mol. The van der Waals surface area contributed by atoms with Crippen LogP contribution in [0.5, 0.6) is 5.75 Å². The van der Waals surface area contributed by atoms with Crippen molar-refractivity contribution in [2.24, 2.45) is 0 Å². The van der Waals surface area contributed by atoms with Crippen molar-refractivity contribution in [3.05, 3.63) is 29.3 Å². The smallest absolute Gasteiger partial charge is 0.310 e. The Morgan fingerprint density at radius 1 is 1.10 bits per heavy atom. The molecule has 0 spiro atoms. The number of esters is 2. The van der Waals surface area contributed by atoms with Gasteiger partial charge in [0.15, 0.2) is 0 Å². The molecule has 20 heavy (non-hydrogen) atoms. The number of ether oxygens (including phenoxy) is 2. The largest absolute Gasteiger partial charge is 0.496 e. The van der Waals surface area contributed by atoms with Crippen molar-refractivity contribution in [2.75, 3.05) is 7.11 Å². The van der Waals surface area contributed by atoms with Crippen LogP contribution < -0.4 is 4.74 Å². The van der Waals surface area contributed by atoms with Gasteiger partial charge in [-0.05, 0) is 18.1 Å². The maximum atomic E-state index is 11.2. The van der Waals surface area contributed by atoms with Crippen LogP contribution in [0.15, 0.2) is 18.2 Å². The van der Waals surface area contributed by atoms with Gasteiger partial charge in [0.25, 0.3) is 0 Å². The molecule has 0 aliphatic heterocycles. The van der Waals surface area contributed by atoms with Gasteiger partial charge in [0.05, 0.1) is 7.11 Å². The Hall–Kier alpha value is -2.17. The van der Waals surface area contributed by atoms with E-state index in [0.717, 1.165) is 17.7 Å². The third-order valence-electron chi connectivity index (χ3n) is 2.78. The minimum atomic E-state index is -0.562. The van der Waals surface area contributed by atoms with Crippen LogP contribution in [0.1, 0.15) is 31.4 Å². The summed E-state index contributed by atoms with van der Waals surface area (Å²) in [5, 5.41) is 0. The number of hydrogen-bond donors (Lipinski definition) is 0. The Balaban J connectivity index is 0.000000246. The first-order valence-corrected chi connectivity index (χ1v) is 6.29. The number of benzene rings is 1. The van der Waals surface area contributed by atoms with Crippen molar-refractivity contribution in [2.45, 2.75) is 33.1 Å². The van der Waals surface area contributed by atoms with Gasteiger partial charge in [0, 0.05) is 32.3 Å². The van der Waals surface area contributed by atoms with Crippen LogP contribution in [0.3, 0.4) is 0 Å². The van der Waals surface area contributed by atoms with E-state index in [1.54, 1.807) is 7.11 Å². The predicted molar refractivity (Wildman–Crippen MR) is 72.5 cm³/mol. The van der Waals surface area contributed by atoms with E-state index in [2.05, 4.69) is 10.8 Å². The highest BCUT2D eigenvalue weighted by atomic mass is 16.6. The third-order valence-corrected chi connectivity index (χ3v) is 2.78. The summed E-state index contributed by atoms with van der Waals surface area (Å²) >= 11 is 0. The van der Waals surface area contributed by atoms with Gasteiger partial charge in [-0.25, -0.2) is 0 Å². The molecule has 0 bridgehead atoms. The zero-order valence-corrected chi connectivity index (χ0v) is 11.9. The van der Waals surface area contributed by atoms with Crippen molar-refractivity contribution in [3.8, 4) is 5.75 Å². The summed E-state index contributed by atoms with van der Waals surface area (Å²) in [7, 11) is 1.65. The second-order valence-corrected chi connectivity index (χ2v) is 4.40. The predicted octanol–water partition coefficient (Wildman–Crippen LogP) is 1.85. The van der Waals surface area contributed by atoms with Gasteiger partial charge in [-0.15, -0.1) is 0 Å². The molecule has 0 saturated heterocycles. The zero-order chi connectivity index (χ0) is 15.1. The van der Waals surface area contributed by atoms with Crippen LogP contribution in [-0.2, 0) is 32.0 Å². The number of carbonyl (C=O) groups excluding carboxylic acids is 3. The first-order chi connectivity index (χ1) is 9.43. The molecular weight excluding hydrogens is 260 g/mol. The molecule has 1 aromatic carbocycles. The number of fused-ring (bicyclic) bond motifs is 1. The highest BCUT2D eigenvalue weighted by Gasteiger charge is 2.18. The molecule has 1 aliphatic rings. The quantitative estimate of drug-likeness (QED) is 0.579. The molecule has 1 aliphatic carbocycles. The van der Waals surface area contributed by atoms with Crippen molar-refractivity contribution in [3.63, 3.8) is 0 Å². The van der Waals surface area contributed by atoms with E-state index < -0.39 is 11.9 Å². The molecule has 1 aromatic rings. The number of carbonyl (C=O) groups is 3. The lowest BCUT2D eigenvalue weighted by atomic mass is 9.90. The van der Waals surface area contributed by atoms with Gasteiger partial charge in [0.1, 0.15) is 11.5 Å². The number of methoxy groups -OCH3 is 1. The van der Waals surface area contributed by atoms with Crippen LogP contribution in [0.4, 0.5) is 0 Å². The SMILES string of the molecule is CC(=O)OC(C)=O.COc1cccc2c1CC(=O)CC2. The van der Waals surface area contributed by atoms with E-state index in [-0.39, 0.29) is 0 Å². The Kier molecular flexibility index (Phi) is 5.90. The standard InChI is InChI=1S/C11H12O2.C4H6O3/c1-13-11-4-2-3-8-5-6-9(12)7-10(8)11;1-3(5)7-4(2)6/h2-4H,5-7H2,1H3;1-2H3. The van der Waals surface area contributed by atoms with Crippen molar-refractivity contribution < 1.29 is 23.9 Å². The molecule has 0 N–H and O–H groups in total. The number of rotatable bonds is 1. The first-order valence-electron chi connectivity index (χ1n) is 6.29. The van der Waals surface area contributed by atoms with Gasteiger partial charge in [-0.1, -0.05) is 12.1 Å². The molecule has 0 aromatic heterocycles. The van der Waals surface area contributed by atoms with E-state index in [0.29, 0.717) is 18.6 Å². The summed E-state index contributed by atoms with van der Waals surface area (Å²) in [4.78, 5) is 30.9. The average Bonchev–Trinajstić information content (AvgIpc) is 2.37. The summed E-state index contributed by atoms with van der Waals surface area (Å²) in [5.74, 6) is 0.0440. The summed E-state index contributed by atoms with van der Waals surface area (Å²) in [5.41, 5.74) is 2.35. The third kappa shape index (κ3) is 4.84. The lowest BCUT2D eigenvalue weighted by molar-refractivity contribution is -0.156. The number of hydrogen-bond acceptors (Lipinski definition) is 5. The van der Waals surface area contributed by atoms with Crippen molar-refractivity contribution in [1.29, 1.82) is 0 Å². The Morgan fingerprint density at radius 2 is 1.75 bits per heavy atom.